The summed E-state index contributed by atoms with van der Waals surface area (Å²) in [5.74, 6) is -0.842. The highest BCUT2D eigenvalue weighted by Crippen LogP contribution is 2.55. The third kappa shape index (κ3) is 6.26. The summed E-state index contributed by atoms with van der Waals surface area (Å²) in [6.45, 7) is 2.97. The summed E-state index contributed by atoms with van der Waals surface area (Å²) >= 11 is 9.14. The second-order valence-corrected chi connectivity index (χ2v) is 9.94. The number of rotatable bonds is 8. The number of hydrogen-bond donors (Lipinski definition) is 2. The van der Waals surface area contributed by atoms with Crippen LogP contribution in [-0.2, 0) is 5.67 Å². The van der Waals surface area contributed by atoms with Gasteiger partial charge in [-0.05, 0) is 59.8 Å². The minimum Gasteiger partial charge on any atom is -0.349 e. The quantitative estimate of drug-likeness (QED) is 0.249. The van der Waals surface area contributed by atoms with Gasteiger partial charge in [-0.1, -0.05) is 29.8 Å². The van der Waals surface area contributed by atoms with E-state index in [1.54, 1.807) is 6.92 Å². The third-order valence-corrected chi connectivity index (χ3v) is 6.63. The predicted molar refractivity (Wildman–Crippen MR) is 129 cm³/mol. The van der Waals surface area contributed by atoms with E-state index in [9.17, 15) is 35.9 Å². The molecule has 0 bridgehead atoms. The lowest BCUT2D eigenvalue weighted by Gasteiger charge is -2.32. The van der Waals surface area contributed by atoms with Gasteiger partial charge in [-0.15, -0.1) is 0 Å². The van der Waals surface area contributed by atoms with Gasteiger partial charge in [0.05, 0.1) is 16.1 Å². The number of anilines is 1. The van der Waals surface area contributed by atoms with E-state index in [2.05, 4.69) is 10.6 Å². The van der Waals surface area contributed by atoms with Gasteiger partial charge in [-0.2, -0.15) is 33.7 Å². The summed E-state index contributed by atoms with van der Waals surface area (Å²) in [7, 11) is 0. The van der Waals surface area contributed by atoms with E-state index in [4.69, 9.17) is 11.6 Å². The number of benzene rings is 2. The van der Waals surface area contributed by atoms with Gasteiger partial charge in [0.2, 0.25) is 0 Å². The Morgan fingerprint density at radius 3 is 2.23 bits per heavy atom. The van der Waals surface area contributed by atoms with Crippen molar-refractivity contribution >= 4 is 56.8 Å². The molecule has 0 radical (unpaired) electrons. The number of halogens is 8. The minimum absolute atomic E-state index is 0.00878. The zero-order chi connectivity index (χ0) is 26.8. The van der Waals surface area contributed by atoms with E-state index in [0.717, 1.165) is 6.07 Å². The molecule has 192 valence electrons. The lowest BCUT2D eigenvalue weighted by molar-refractivity contribution is -0.282. The van der Waals surface area contributed by atoms with Crippen LogP contribution < -0.4 is 10.6 Å². The van der Waals surface area contributed by atoms with Gasteiger partial charge in [0.25, 0.3) is 11.8 Å². The average molecular weight is 606 g/mol. The smallest absolute Gasteiger partial charge is 0.349 e. The van der Waals surface area contributed by atoms with E-state index in [1.807, 2.05) is 6.26 Å². The Kier molecular flexibility index (Phi) is 9.21. The Morgan fingerprint density at radius 2 is 1.71 bits per heavy atom. The standard InChI is InChI=1S/C22H20BrClF6N2O2S/c1-11-9-13(20(25,21(23,26)27)22(28,29)30)7-8-16(11)32-18(33)14-5-4-6-15(24)17(14)19(34)31-12(2)10-35-3/h4-9,12H,10H2,1-3H3,(H,31,34)(H,32,33)/t12-,20?/m0/s1. The van der Waals surface area contributed by atoms with Crippen LogP contribution in [0.25, 0.3) is 0 Å². The van der Waals surface area contributed by atoms with Crippen LogP contribution in [0.2, 0.25) is 5.02 Å². The Labute approximate surface area is 215 Å². The first-order valence-electron chi connectivity index (χ1n) is 9.87. The number of nitrogens with one attached hydrogen (secondary N) is 2. The molecule has 0 aliphatic heterocycles. The molecule has 2 atom stereocenters. The molecule has 0 aromatic heterocycles. The number of alkyl halides is 7. The van der Waals surface area contributed by atoms with E-state index in [0.29, 0.717) is 17.9 Å². The molecule has 35 heavy (non-hydrogen) atoms. The highest BCUT2D eigenvalue weighted by Gasteiger charge is 2.71. The van der Waals surface area contributed by atoms with Crippen LogP contribution in [0.1, 0.15) is 38.8 Å². The Balaban J connectivity index is 2.41. The lowest BCUT2D eigenvalue weighted by atomic mass is 9.93. The van der Waals surface area contributed by atoms with Crippen molar-refractivity contribution in [2.24, 2.45) is 0 Å². The number of carbonyl (C=O) groups excluding carboxylic acids is 2. The fraction of sp³-hybridized carbons (Fsp3) is 0.364. The number of aryl methyl sites for hydroxylation is 1. The van der Waals surface area contributed by atoms with Crippen molar-refractivity contribution in [3.63, 3.8) is 0 Å². The summed E-state index contributed by atoms with van der Waals surface area (Å²) in [4.78, 5) is 20.7. The van der Waals surface area contributed by atoms with Crippen LogP contribution in [0.3, 0.4) is 0 Å². The van der Waals surface area contributed by atoms with E-state index >= 15 is 0 Å². The zero-order valence-corrected chi connectivity index (χ0v) is 21.7. The average Bonchev–Trinajstić information content (AvgIpc) is 2.72. The van der Waals surface area contributed by atoms with Gasteiger partial charge in [0.15, 0.2) is 0 Å². The molecule has 0 saturated carbocycles. The second-order valence-electron chi connectivity index (χ2n) is 7.63. The van der Waals surface area contributed by atoms with Gasteiger partial charge in [-0.3, -0.25) is 9.59 Å². The van der Waals surface area contributed by atoms with Crippen molar-refractivity contribution in [3.8, 4) is 0 Å². The van der Waals surface area contributed by atoms with Crippen LogP contribution in [0.15, 0.2) is 36.4 Å². The normalized spacial score (nSPS) is 14.7. The SMILES string of the molecule is CSC[C@H](C)NC(=O)c1c(Cl)cccc1C(=O)Nc1ccc(C(F)(C(F)(F)F)C(F)(F)Br)cc1C. The summed E-state index contributed by atoms with van der Waals surface area (Å²) in [5.41, 5.74) is -6.82. The summed E-state index contributed by atoms with van der Waals surface area (Å²) in [6, 6.07) is 5.85. The first-order chi connectivity index (χ1) is 16.0. The molecular formula is C22H20BrClF6N2O2S. The molecule has 0 spiro atoms. The molecule has 2 N–H and O–H groups in total. The van der Waals surface area contributed by atoms with Crippen molar-refractivity contribution in [2.45, 2.75) is 36.6 Å². The monoisotopic (exact) mass is 604 g/mol. The van der Waals surface area contributed by atoms with E-state index in [1.165, 1.54) is 52.8 Å². The molecule has 0 fully saturated rings. The van der Waals surface area contributed by atoms with E-state index in [-0.39, 0.29) is 33.4 Å². The summed E-state index contributed by atoms with van der Waals surface area (Å²) in [5, 5.41) is 5.10. The third-order valence-electron chi connectivity index (χ3n) is 4.93. The predicted octanol–water partition coefficient (Wildman–Crippen LogP) is 7.10. The fourth-order valence-corrected chi connectivity index (χ4v) is 4.53. The Bertz CT molecular complexity index is 1100. The molecule has 0 saturated heterocycles. The minimum atomic E-state index is -5.94. The van der Waals surface area contributed by atoms with Crippen LogP contribution >= 0.6 is 39.3 Å². The first-order valence-corrected chi connectivity index (χ1v) is 12.4. The lowest BCUT2D eigenvalue weighted by Crippen LogP contribution is -2.49. The molecule has 0 aliphatic rings. The Hall–Kier alpha value is -1.92. The van der Waals surface area contributed by atoms with Gasteiger partial charge in [-0.25, -0.2) is 4.39 Å². The van der Waals surface area contributed by atoms with Crippen molar-refractivity contribution < 1.29 is 35.9 Å². The van der Waals surface area contributed by atoms with Crippen molar-refractivity contribution in [3.05, 3.63) is 63.7 Å². The Morgan fingerprint density at radius 1 is 1.09 bits per heavy atom. The summed E-state index contributed by atoms with van der Waals surface area (Å²) in [6.07, 6.45) is -4.08. The maximum absolute atomic E-state index is 14.7. The maximum atomic E-state index is 14.7. The first kappa shape index (κ1) is 29.3. The molecule has 13 heteroatoms. The zero-order valence-electron chi connectivity index (χ0n) is 18.5. The van der Waals surface area contributed by atoms with Crippen LogP contribution in [-0.4, -0.2) is 40.9 Å². The fourth-order valence-electron chi connectivity index (χ4n) is 3.23. The molecule has 2 amide bonds. The maximum Gasteiger partial charge on any atom is 0.433 e. The van der Waals surface area contributed by atoms with Gasteiger partial charge >= 0.3 is 16.7 Å². The topological polar surface area (TPSA) is 58.2 Å². The van der Waals surface area contributed by atoms with Gasteiger partial charge in [0.1, 0.15) is 0 Å². The molecule has 2 rings (SSSR count). The summed E-state index contributed by atoms with van der Waals surface area (Å²) < 4.78 is 81.6. The van der Waals surface area contributed by atoms with Crippen molar-refractivity contribution in [2.75, 3.05) is 17.3 Å². The van der Waals surface area contributed by atoms with Crippen molar-refractivity contribution in [1.82, 2.24) is 5.32 Å². The van der Waals surface area contributed by atoms with Gasteiger partial charge < -0.3 is 10.6 Å². The second kappa shape index (κ2) is 11.0. The van der Waals surface area contributed by atoms with E-state index < -0.39 is 34.1 Å². The molecule has 1 unspecified atom stereocenters. The number of amides is 2. The van der Waals surface area contributed by atoms with Crippen LogP contribution in [0, 0.1) is 6.92 Å². The number of hydrogen-bond acceptors (Lipinski definition) is 3. The molecule has 2 aromatic carbocycles. The molecule has 0 aliphatic carbocycles. The largest absolute Gasteiger partial charge is 0.433 e. The number of carbonyl (C=O) groups is 2. The highest BCUT2D eigenvalue weighted by atomic mass is 79.9. The van der Waals surface area contributed by atoms with Crippen LogP contribution in [0.4, 0.5) is 32.0 Å². The van der Waals surface area contributed by atoms with Gasteiger partial charge in [0, 0.05) is 23.0 Å². The molecule has 4 nitrogen and oxygen atoms in total. The molecule has 0 heterocycles. The highest BCUT2D eigenvalue weighted by molar-refractivity contribution is 9.10. The molecule has 2 aromatic rings. The van der Waals surface area contributed by atoms with Crippen LogP contribution in [0.5, 0.6) is 0 Å². The molecular weight excluding hydrogens is 586 g/mol. The number of thioether (sulfide) groups is 1. The van der Waals surface area contributed by atoms with Crippen molar-refractivity contribution in [1.29, 1.82) is 0 Å².